The average molecular weight is 245 g/mol. The maximum Gasteiger partial charge on any atom is 0.413 e. The molecule has 8 heteroatoms. The zero-order valence-electron chi connectivity index (χ0n) is 9.18. The summed E-state index contributed by atoms with van der Waals surface area (Å²) < 4.78 is 8.55. The van der Waals surface area contributed by atoms with Gasteiger partial charge in [0.1, 0.15) is 0 Å². The predicted octanol–water partition coefficient (Wildman–Crippen LogP) is -0.557. The molecule has 0 aliphatic rings. The molecule has 2 N–H and O–H groups in total. The number of esters is 1. The van der Waals surface area contributed by atoms with E-state index in [1.54, 1.807) is 5.32 Å². The number of hydrogen-bond donors (Lipinski definition) is 2. The normalized spacial score (nSPS) is 10.4. The van der Waals surface area contributed by atoms with Crippen molar-refractivity contribution in [1.29, 1.82) is 0 Å². The van der Waals surface area contributed by atoms with Crippen LogP contribution in [0.5, 0.6) is 0 Å². The summed E-state index contributed by atoms with van der Waals surface area (Å²) in [5.74, 6) is -3.15. The predicted molar refractivity (Wildman–Crippen MR) is 52.9 cm³/mol. The van der Waals surface area contributed by atoms with Crippen molar-refractivity contribution in [3.63, 3.8) is 0 Å². The molecule has 0 heterocycles. The van der Waals surface area contributed by atoms with Gasteiger partial charge in [-0.1, -0.05) is 0 Å². The topological polar surface area (TPSA) is 119 Å². The van der Waals surface area contributed by atoms with Crippen molar-refractivity contribution in [2.75, 3.05) is 13.7 Å². The van der Waals surface area contributed by atoms with Gasteiger partial charge in [0.25, 0.3) is 5.91 Å². The van der Waals surface area contributed by atoms with Crippen LogP contribution in [0.4, 0.5) is 4.79 Å². The number of methoxy groups -OCH3 is 1. The zero-order valence-corrected chi connectivity index (χ0v) is 9.18. The van der Waals surface area contributed by atoms with Gasteiger partial charge in [0.05, 0.1) is 7.11 Å². The highest BCUT2D eigenvalue weighted by molar-refractivity contribution is 5.97. The highest BCUT2D eigenvalue weighted by Gasteiger charge is 2.12. The lowest BCUT2D eigenvalue weighted by atomic mass is 10.3. The van der Waals surface area contributed by atoms with Crippen molar-refractivity contribution in [1.82, 2.24) is 5.32 Å². The third kappa shape index (κ3) is 6.66. The van der Waals surface area contributed by atoms with Crippen molar-refractivity contribution in [3.8, 4) is 0 Å². The number of carbonyl (C=O) groups excluding carboxylic acids is 3. The van der Waals surface area contributed by atoms with Crippen LogP contribution in [0.15, 0.2) is 11.6 Å². The molecule has 0 saturated heterocycles. The molecule has 0 aromatic carbocycles. The number of carboxylic acid groups (broad SMARTS) is 1. The molecule has 0 atom stereocenters. The number of amides is 2. The third-order valence-electron chi connectivity index (χ3n) is 1.42. The van der Waals surface area contributed by atoms with Gasteiger partial charge in [-0.15, -0.1) is 0 Å². The van der Waals surface area contributed by atoms with Gasteiger partial charge in [-0.3, -0.25) is 10.1 Å². The van der Waals surface area contributed by atoms with Crippen molar-refractivity contribution in [2.45, 2.75) is 6.92 Å². The Hall–Kier alpha value is -2.38. The monoisotopic (exact) mass is 245 g/mol. The minimum atomic E-state index is -1.31. The molecule has 0 radical (unpaired) electrons. The summed E-state index contributed by atoms with van der Waals surface area (Å²) in [7, 11) is 1.06. The number of aliphatic carboxylic acids is 1. The Balaban J connectivity index is 4.12. The summed E-state index contributed by atoms with van der Waals surface area (Å²) in [6.07, 6.45) is -0.343. The maximum atomic E-state index is 11.1. The van der Waals surface area contributed by atoms with E-state index >= 15 is 0 Å². The largest absolute Gasteiger partial charge is 0.478 e. The van der Waals surface area contributed by atoms with Gasteiger partial charge in [-0.05, 0) is 6.92 Å². The molecule has 0 aromatic heterocycles. The standard InChI is InChI=1S/C9H11NO7/c1-5(3-7(12)13)8(14)17-4-6(11)10-9(15)16-2/h3H,4H2,1-2H3,(H,12,13)(H,10,11,15)/b5-3+. The lowest BCUT2D eigenvalue weighted by Gasteiger charge is -2.04. The van der Waals surface area contributed by atoms with Crippen LogP contribution < -0.4 is 5.32 Å². The van der Waals surface area contributed by atoms with Crippen LogP contribution >= 0.6 is 0 Å². The van der Waals surface area contributed by atoms with E-state index in [9.17, 15) is 19.2 Å². The number of ether oxygens (including phenoxy) is 2. The van der Waals surface area contributed by atoms with Gasteiger partial charge < -0.3 is 14.6 Å². The molecular formula is C9H11NO7. The Morgan fingerprint density at radius 3 is 2.35 bits per heavy atom. The van der Waals surface area contributed by atoms with Gasteiger partial charge in [0.15, 0.2) is 6.61 Å². The van der Waals surface area contributed by atoms with Gasteiger partial charge in [0, 0.05) is 11.6 Å². The van der Waals surface area contributed by atoms with E-state index < -0.39 is 30.5 Å². The Bertz CT molecular complexity index is 372. The van der Waals surface area contributed by atoms with Gasteiger partial charge in [-0.2, -0.15) is 0 Å². The fourth-order valence-electron chi connectivity index (χ4n) is 0.690. The minimum absolute atomic E-state index is 0.177. The molecular weight excluding hydrogens is 234 g/mol. The van der Waals surface area contributed by atoms with E-state index in [0.717, 1.165) is 7.11 Å². The number of imide groups is 1. The van der Waals surface area contributed by atoms with E-state index in [1.807, 2.05) is 0 Å². The molecule has 0 aliphatic carbocycles. The molecule has 0 bridgehead atoms. The molecule has 94 valence electrons. The second kappa shape index (κ2) is 6.99. The Labute approximate surface area is 96.2 Å². The summed E-state index contributed by atoms with van der Waals surface area (Å²) >= 11 is 0. The smallest absolute Gasteiger partial charge is 0.413 e. The molecule has 0 unspecified atom stereocenters. The first-order valence-corrected chi connectivity index (χ1v) is 4.33. The number of alkyl carbamates (subject to hydrolysis) is 1. The molecule has 0 rings (SSSR count). The van der Waals surface area contributed by atoms with Crippen molar-refractivity contribution in [3.05, 3.63) is 11.6 Å². The van der Waals surface area contributed by atoms with Crippen LogP contribution in [0.25, 0.3) is 0 Å². The van der Waals surface area contributed by atoms with Gasteiger partial charge >= 0.3 is 18.0 Å². The highest BCUT2D eigenvalue weighted by atomic mass is 16.5. The van der Waals surface area contributed by atoms with Crippen molar-refractivity contribution >= 4 is 23.9 Å². The highest BCUT2D eigenvalue weighted by Crippen LogP contribution is 1.96. The fraction of sp³-hybridized carbons (Fsp3) is 0.333. The van der Waals surface area contributed by atoms with E-state index in [1.165, 1.54) is 6.92 Å². The van der Waals surface area contributed by atoms with E-state index in [0.29, 0.717) is 6.08 Å². The summed E-state index contributed by atoms with van der Waals surface area (Å²) in [5.41, 5.74) is -0.177. The lowest BCUT2D eigenvalue weighted by Crippen LogP contribution is -2.34. The average Bonchev–Trinajstić information content (AvgIpc) is 2.24. The molecule has 0 saturated carbocycles. The van der Waals surface area contributed by atoms with Crippen LogP contribution in [-0.4, -0.2) is 42.8 Å². The number of nitrogens with one attached hydrogen (secondary N) is 1. The minimum Gasteiger partial charge on any atom is -0.478 e. The maximum absolute atomic E-state index is 11.1. The Morgan fingerprint density at radius 2 is 1.88 bits per heavy atom. The molecule has 17 heavy (non-hydrogen) atoms. The van der Waals surface area contributed by atoms with Crippen LogP contribution in [0.3, 0.4) is 0 Å². The molecule has 0 fully saturated rings. The summed E-state index contributed by atoms with van der Waals surface area (Å²) in [6, 6.07) is 0. The first kappa shape index (κ1) is 14.6. The number of carboxylic acids is 1. The summed E-state index contributed by atoms with van der Waals surface area (Å²) in [6.45, 7) is 0.507. The van der Waals surface area contributed by atoms with Crippen LogP contribution in [0.2, 0.25) is 0 Å². The molecule has 8 nitrogen and oxygen atoms in total. The number of hydrogen-bond acceptors (Lipinski definition) is 6. The SMILES string of the molecule is COC(=O)NC(=O)COC(=O)/C(C)=C/C(=O)O. The van der Waals surface area contributed by atoms with E-state index in [-0.39, 0.29) is 5.57 Å². The third-order valence-corrected chi connectivity index (χ3v) is 1.42. The second-order valence-electron chi connectivity index (χ2n) is 2.78. The molecule has 0 aromatic rings. The Morgan fingerprint density at radius 1 is 1.29 bits per heavy atom. The summed E-state index contributed by atoms with van der Waals surface area (Å²) in [5, 5.41) is 10.1. The molecule has 2 amide bonds. The van der Waals surface area contributed by atoms with Gasteiger partial charge in [0.2, 0.25) is 0 Å². The first-order chi connectivity index (χ1) is 7.86. The molecule has 0 aliphatic heterocycles. The van der Waals surface area contributed by atoms with E-state index in [2.05, 4.69) is 9.47 Å². The number of rotatable bonds is 4. The fourth-order valence-corrected chi connectivity index (χ4v) is 0.690. The molecule has 0 spiro atoms. The van der Waals surface area contributed by atoms with Crippen LogP contribution in [0.1, 0.15) is 6.92 Å². The summed E-state index contributed by atoms with van der Waals surface area (Å²) in [4.78, 5) is 42.8. The zero-order chi connectivity index (χ0) is 13.4. The van der Waals surface area contributed by atoms with Crippen molar-refractivity contribution < 1.29 is 33.8 Å². The second-order valence-corrected chi connectivity index (χ2v) is 2.78. The van der Waals surface area contributed by atoms with Crippen LogP contribution in [0, 0.1) is 0 Å². The quantitative estimate of drug-likeness (QED) is 0.503. The number of carbonyl (C=O) groups is 4. The van der Waals surface area contributed by atoms with Crippen molar-refractivity contribution in [2.24, 2.45) is 0 Å². The Kier molecular flexibility index (Phi) is 6.01. The van der Waals surface area contributed by atoms with Crippen LogP contribution in [-0.2, 0) is 23.9 Å². The lowest BCUT2D eigenvalue weighted by molar-refractivity contribution is -0.144. The van der Waals surface area contributed by atoms with Gasteiger partial charge in [-0.25, -0.2) is 14.4 Å². The first-order valence-electron chi connectivity index (χ1n) is 4.33. The van der Waals surface area contributed by atoms with E-state index in [4.69, 9.17) is 5.11 Å².